The molecule has 2 amide bonds. The van der Waals surface area contributed by atoms with Gasteiger partial charge in [0.1, 0.15) is 11.9 Å². The summed E-state index contributed by atoms with van der Waals surface area (Å²) in [5.41, 5.74) is 1.21. The van der Waals surface area contributed by atoms with Gasteiger partial charge in [0.2, 0.25) is 0 Å². The van der Waals surface area contributed by atoms with E-state index in [2.05, 4.69) is 5.32 Å². The number of rotatable bonds is 4. The molecular weight excluding hydrogens is 385 g/mol. The molecule has 1 aliphatic heterocycles. The largest absolute Gasteiger partial charge is 0.468 e. The number of hydrogen-bond acceptors (Lipinski definition) is 4. The standard InChI is InChI=1S/C20H21ClFN3O3/c1-28-19(26)18(16-4-2-3-5-17(16)21)24-10-12-25(13-11-24)20(27)23-15-8-6-14(22)7-9-15/h2-9,18H,10-13H2,1H3,(H,23,27)/t18-/m0/s1. The summed E-state index contributed by atoms with van der Waals surface area (Å²) >= 11 is 6.28. The third kappa shape index (κ3) is 4.61. The minimum Gasteiger partial charge on any atom is -0.468 e. The summed E-state index contributed by atoms with van der Waals surface area (Å²) in [6.45, 7) is 1.85. The number of halogens is 2. The SMILES string of the molecule is COC(=O)[C@H](c1ccccc1Cl)N1CCN(C(=O)Nc2ccc(F)cc2)CC1. The summed E-state index contributed by atoms with van der Waals surface area (Å²) < 4.78 is 18.0. The summed E-state index contributed by atoms with van der Waals surface area (Å²) in [4.78, 5) is 28.4. The highest BCUT2D eigenvalue weighted by Crippen LogP contribution is 2.29. The van der Waals surface area contributed by atoms with Crippen LogP contribution in [0.3, 0.4) is 0 Å². The van der Waals surface area contributed by atoms with Crippen LogP contribution < -0.4 is 5.32 Å². The van der Waals surface area contributed by atoms with Crippen molar-refractivity contribution < 1.29 is 18.7 Å². The number of urea groups is 1. The normalized spacial score (nSPS) is 15.8. The molecule has 0 unspecified atom stereocenters. The second kappa shape index (κ2) is 9.03. The third-order valence-electron chi connectivity index (χ3n) is 4.69. The minimum atomic E-state index is -0.624. The van der Waals surface area contributed by atoms with Crippen LogP contribution in [0.4, 0.5) is 14.9 Å². The first-order valence-electron chi connectivity index (χ1n) is 8.87. The van der Waals surface area contributed by atoms with E-state index in [-0.39, 0.29) is 11.8 Å². The molecule has 1 fully saturated rings. The van der Waals surface area contributed by atoms with Gasteiger partial charge in [-0.3, -0.25) is 4.90 Å². The van der Waals surface area contributed by atoms with Crippen molar-refractivity contribution in [2.45, 2.75) is 6.04 Å². The van der Waals surface area contributed by atoms with Crippen molar-refractivity contribution in [3.8, 4) is 0 Å². The molecule has 1 N–H and O–H groups in total. The second-order valence-corrected chi connectivity index (χ2v) is 6.81. The summed E-state index contributed by atoms with van der Waals surface area (Å²) in [6.07, 6.45) is 0. The van der Waals surface area contributed by atoms with Gasteiger partial charge >= 0.3 is 12.0 Å². The summed E-state index contributed by atoms with van der Waals surface area (Å²) in [7, 11) is 1.35. The monoisotopic (exact) mass is 405 g/mol. The first-order chi connectivity index (χ1) is 13.5. The van der Waals surface area contributed by atoms with Gasteiger partial charge in [0.15, 0.2) is 0 Å². The molecule has 6 nitrogen and oxygen atoms in total. The molecule has 1 aliphatic rings. The van der Waals surface area contributed by atoms with E-state index in [1.165, 1.54) is 31.4 Å². The molecule has 2 aromatic rings. The number of carbonyl (C=O) groups is 2. The van der Waals surface area contributed by atoms with Gasteiger partial charge in [-0.2, -0.15) is 0 Å². The van der Waals surface area contributed by atoms with Crippen molar-refractivity contribution in [2.24, 2.45) is 0 Å². The van der Waals surface area contributed by atoms with Crippen LogP contribution in [0.15, 0.2) is 48.5 Å². The molecule has 0 bridgehead atoms. The van der Waals surface area contributed by atoms with E-state index in [9.17, 15) is 14.0 Å². The number of methoxy groups -OCH3 is 1. The molecule has 0 spiro atoms. The lowest BCUT2D eigenvalue weighted by molar-refractivity contribution is -0.148. The lowest BCUT2D eigenvalue weighted by atomic mass is 10.0. The Morgan fingerprint density at radius 2 is 1.71 bits per heavy atom. The molecule has 28 heavy (non-hydrogen) atoms. The smallest absolute Gasteiger partial charge is 0.327 e. The number of carbonyl (C=O) groups excluding carboxylic acids is 2. The molecule has 0 aliphatic carbocycles. The number of piperazine rings is 1. The zero-order chi connectivity index (χ0) is 20.1. The number of ether oxygens (including phenoxy) is 1. The van der Waals surface area contributed by atoms with Gasteiger partial charge in [0.25, 0.3) is 0 Å². The molecule has 1 saturated heterocycles. The predicted octanol–water partition coefficient (Wildman–Crippen LogP) is 3.54. The Kier molecular flexibility index (Phi) is 6.49. The second-order valence-electron chi connectivity index (χ2n) is 6.41. The van der Waals surface area contributed by atoms with Gasteiger partial charge in [0.05, 0.1) is 7.11 Å². The third-order valence-corrected chi connectivity index (χ3v) is 5.03. The maximum atomic E-state index is 13.0. The Morgan fingerprint density at radius 3 is 2.32 bits per heavy atom. The van der Waals surface area contributed by atoms with E-state index >= 15 is 0 Å². The topological polar surface area (TPSA) is 61.9 Å². The van der Waals surface area contributed by atoms with E-state index in [4.69, 9.17) is 16.3 Å². The zero-order valence-electron chi connectivity index (χ0n) is 15.4. The number of nitrogens with zero attached hydrogens (tertiary/aromatic N) is 2. The Balaban J connectivity index is 1.65. The lowest BCUT2D eigenvalue weighted by Gasteiger charge is -2.38. The van der Waals surface area contributed by atoms with Gasteiger partial charge in [-0.25, -0.2) is 14.0 Å². The van der Waals surface area contributed by atoms with Gasteiger partial charge in [-0.05, 0) is 35.9 Å². The Hall–Kier alpha value is -2.64. The maximum Gasteiger partial charge on any atom is 0.327 e. The maximum absolute atomic E-state index is 13.0. The molecule has 3 rings (SSSR count). The van der Waals surface area contributed by atoms with Gasteiger partial charge in [0, 0.05) is 36.9 Å². The molecule has 0 saturated carbocycles. The summed E-state index contributed by atoms with van der Waals surface area (Å²) in [6, 6.07) is 11.9. The van der Waals surface area contributed by atoms with Gasteiger partial charge in [-0.1, -0.05) is 29.8 Å². The summed E-state index contributed by atoms with van der Waals surface area (Å²) in [5, 5.41) is 3.24. The number of amides is 2. The first kappa shape index (κ1) is 20.1. The molecule has 1 atom stereocenters. The molecular formula is C20H21ClFN3O3. The predicted molar refractivity (Wildman–Crippen MR) is 105 cm³/mol. The van der Waals surface area contributed by atoms with Crippen molar-refractivity contribution in [1.82, 2.24) is 9.80 Å². The highest BCUT2D eigenvalue weighted by molar-refractivity contribution is 6.31. The number of nitrogens with one attached hydrogen (secondary N) is 1. The van der Waals surface area contributed by atoms with Crippen molar-refractivity contribution in [2.75, 3.05) is 38.6 Å². The highest BCUT2D eigenvalue weighted by Gasteiger charge is 2.33. The van der Waals surface area contributed by atoms with Crippen molar-refractivity contribution in [3.63, 3.8) is 0 Å². The van der Waals surface area contributed by atoms with E-state index in [1.54, 1.807) is 23.1 Å². The van der Waals surface area contributed by atoms with Crippen molar-refractivity contribution in [1.29, 1.82) is 0 Å². The molecule has 8 heteroatoms. The van der Waals surface area contributed by atoms with Crippen LogP contribution in [0.2, 0.25) is 5.02 Å². The Labute approximate surface area is 167 Å². The van der Waals surface area contributed by atoms with E-state index in [0.717, 1.165) is 0 Å². The van der Waals surface area contributed by atoms with Gasteiger partial charge < -0.3 is 15.0 Å². The lowest BCUT2D eigenvalue weighted by Crippen LogP contribution is -2.52. The average Bonchev–Trinajstić information content (AvgIpc) is 2.71. The van der Waals surface area contributed by atoms with Crippen LogP contribution in [-0.4, -0.2) is 55.1 Å². The first-order valence-corrected chi connectivity index (χ1v) is 9.25. The van der Waals surface area contributed by atoms with Crippen LogP contribution in [0, 0.1) is 5.82 Å². The highest BCUT2D eigenvalue weighted by atomic mass is 35.5. The van der Waals surface area contributed by atoms with Crippen LogP contribution in [0.25, 0.3) is 0 Å². The van der Waals surface area contributed by atoms with Crippen molar-refractivity contribution in [3.05, 3.63) is 64.9 Å². The number of anilines is 1. The van der Waals surface area contributed by atoms with Crippen LogP contribution in [0.1, 0.15) is 11.6 Å². The zero-order valence-corrected chi connectivity index (χ0v) is 16.2. The molecule has 0 radical (unpaired) electrons. The fourth-order valence-corrected chi connectivity index (χ4v) is 3.44. The van der Waals surface area contributed by atoms with Crippen LogP contribution in [-0.2, 0) is 9.53 Å². The van der Waals surface area contributed by atoms with E-state index < -0.39 is 12.0 Å². The van der Waals surface area contributed by atoms with E-state index in [0.29, 0.717) is 42.5 Å². The molecule has 1 heterocycles. The van der Waals surface area contributed by atoms with Crippen LogP contribution >= 0.6 is 11.6 Å². The summed E-state index contributed by atoms with van der Waals surface area (Å²) in [5.74, 6) is -0.752. The van der Waals surface area contributed by atoms with Crippen molar-refractivity contribution >= 4 is 29.3 Å². The van der Waals surface area contributed by atoms with E-state index in [1.807, 2.05) is 11.0 Å². The Morgan fingerprint density at radius 1 is 1.07 bits per heavy atom. The number of benzene rings is 2. The minimum absolute atomic E-state index is 0.265. The fourth-order valence-electron chi connectivity index (χ4n) is 3.20. The number of hydrogen-bond donors (Lipinski definition) is 1. The molecule has 2 aromatic carbocycles. The van der Waals surface area contributed by atoms with Gasteiger partial charge in [-0.15, -0.1) is 0 Å². The quantitative estimate of drug-likeness (QED) is 0.790. The number of esters is 1. The Bertz CT molecular complexity index is 839. The molecule has 0 aromatic heterocycles. The average molecular weight is 406 g/mol. The fraction of sp³-hybridized carbons (Fsp3) is 0.300. The van der Waals surface area contributed by atoms with Crippen LogP contribution in [0.5, 0.6) is 0 Å². The molecule has 148 valence electrons.